The van der Waals surface area contributed by atoms with E-state index in [1.165, 1.54) is 76.6 Å². The average molecular weight is 599 g/mol. The van der Waals surface area contributed by atoms with Gasteiger partial charge in [0.15, 0.2) is 0 Å². The van der Waals surface area contributed by atoms with Crippen LogP contribution in [-0.2, 0) is 10.8 Å². The number of benzene rings is 6. The lowest BCUT2D eigenvalue weighted by atomic mass is 9.73. The van der Waals surface area contributed by atoms with Gasteiger partial charge in [-0.25, -0.2) is 0 Å². The minimum Gasteiger partial charge on any atom is -0.310 e. The predicted molar refractivity (Wildman–Crippen MR) is 193 cm³/mol. The van der Waals surface area contributed by atoms with Gasteiger partial charge in [0, 0.05) is 42.4 Å². The summed E-state index contributed by atoms with van der Waals surface area (Å²) in [4.78, 5) is 4.91. The summed E-state index contributed by atoms with van der Waals surface area (Å²) in [7, 11) is 0. The van der Waals surface area contributed by atoms with Crippen LogP contribution >= 0.6 is 11.3 Å². The van der Waals surface area contributed by atoms with E-state index in [0.717, 1.165) is 0 Å². The molecule has 0 radical (unpaired) electrons. The van der Waals surface area contributed by atoms with Gasteiger partial charge in [0.05, 0.1) is 22.7 Å². The number of fused-ring (bicyclic) bond motifs is 7. The maximum Gasteiger partial charge on any atom is 0.0502 e. The highest BCUT2D eigenvalue weighted by atomic mass is 32.1. The van der Waals surface area contributed by atoms with Crippen molar-refractivity contribution in [2.24, 2.45) is 0 Å². The number of para-hydroxylation sites is 4. The summed E-state index contributed by atoms with van der Waals surface area (Å²) in [5.41, 5.74) is 12.7. The molecule has 0 aliphatic carbocycles. The van der Waals surface area contributed by atoms with Crippen molar-refractivity contribution in [3.8, 4) is 0 Å². The largest absolute Gasteiger partial charge is 0.310 e. The first-order valence-electron chi connectivity index (χ1n) is 15.8. The molecule has 0 fully saturated rings. The van der Waals surface area contributed by atoms with Gasteiger partial charge in [-0.05, 0) is 70.8 Å². The molecule has 7 aromatic rings. The van der Waals surface area contributed by atoms with Crippen LogP contribution < -0.4 is 9.80 Å². The van der Waals surface area contributed by atoms with E-state index in [1.807, 2.05) is 11.3 Å². The molecule has 1 aromatic heterocycles. The highest BCUT2D eigenvalue weighted by Crippen LogP contribution is 2.54. The fourth-order valence-electron chi connectivity index (χ4n) is 7.93. The molecule has 0 bridgehead atoms. The van der Waals surface area contributed by atoms with Crippen molar-refractivity contribution in [2.45, 2.75) is 38.5 Å². The van der Waals surface area contributed by atoms with Gasteiger partial charge in [-0.2, -0.15) is 0 Å². The summed E-state index contributed by atoms with van der Waals surface area (Å²) in [6, 6.07) is 49.5. The van der Waals surface area contributed by atoms with E-state index in [4.69, 9.17) is 0 Å². The minimum atomic E-state index is -0.0668. The molecule has 2 aliphatic heterocycles. The highest BCUT2D eigenvalue weighted by Gasteiger charge is 2.38. The smallest absolute Gasteiger partial charge is 0.0502 e. The van der Waals surface area contributed by atoms with Gasteiger partial charge < -0.3 is 9.80 Å². The second-order valence-corrected chi connectivity index (χ2v) is 14.5. The first-order valence-corrected chi connectivity index (χ1v) is 16.6. The molecular weight excluding hydrogens is 565 g/mol. The number of rotatable bonds is 2. The lowest BCUT2D eigenvalue weighted by molar-refractivity contribution is 0.632. The molecule has 9 rings (SSSR count). The Kier molecular flexibility index (Phi) is 5.50. The Labute approximate surface area is 268 Å². The Morgan fingerprint density at radius 3 is 1.04 bits per heavy atom. The van der Waals surface area contributed by atoms with Crippen molar-refractivity contribution in [1.82, 2.24) is 0 Å². The van der Waals surface area contributed by atoms with Gasteiger partial charge in [-0.1, -0.05) is 113 Å². The van der Waals surface area contributed by atoms with Crippen LogP contribution in [0.25, 0.3) is 20.2 Å². The van der Waals surface area contributed by atoms with E-state index in [2.05, 4.69) is 171 Å². The molecule has 0 saturated heterocycles. The molecule has 6 aromatic carbocycles. The topological polar surface area (TPSA) is 6.48 Å². The van der Waals surface area contributed by atoms with Gasteiger partial charge in [0.25, 0.3) is 0 Å². The maximum absolute atomic E-state index is 2.45. The summed E-state index contributed by atoms with van der Waals surface area (Å²) >= 11 is 1.89. The lowest BCUT2D eigenvalue weighted by Crippen LogP contribution is -2.30. The number of nitrogens with zero attached hydrogens (tertiary/aromatic N) is 2. The number of anilines is 6. The van der Waals surface area contributed by atoms with Crippen LogP contribution in [0.1, 0.15) is 49.9 Å². The molecular formula is C42H34N2S. The zero-order valence-electron chi connectivity index (χ0n) is 26.0. The average Bonchev–Trinajstić information content (AvgIpc) is 3.42. The van der Waals surface area contributed by atoms with Gasteiger partial charge in [0.2, 0.25) is 0 Å². The first-order chi connectivity index (χ1) is 21.8. The quantitative estimate of drug-likeness (QED) is 0.195. The molecule has 3 heteroatoms. The zero-order chi connectivity index (χ0) is 30.5. The van der Waals surface area contributed by atoms with E-state index < -0.39 is 0 Å². The van der Waals surface area contributed by atoms with Crippen molar-refractivity contribution in [2.75, 3.05) is 9.80 Å². The minimum absolute atomic E-state index is 0.0668. The van der Waals surface area contributed by atoms with Crippen molar-refractivity contribution >= 4 is 65.6 Å². The Hall–Kier alpha value is -4.86. The third-order valence-electron chi connectivity index (χ3n) is 10.2. The molecule has 0 N–H and O–H groups in total. The van der Waals surface area contributed by atoms with Crippen LogP contribution in [0.5, 0.6) is 0 Å². The fourth-order valence-corrected chi connectivity index (χ4v) is 9.10. The normalized spacial score (nSPS) is 15.8. The number of hydrogen-bond acceptors (Lipinski definition) is 3. The van der Waals surface area contributed by atoms with Crippen molar-refractivity contribution in [3.05, 3.63) is 156 Å². The molecule has 0 unspecified atom stereocenters. The summed E-state index contributed by atoms with van der Waals surface area (Å²) in [6.45, 7) is 9.37. The van der Waals surface area contributed by atoms with E-state index in [0.29, 0.717) is 0 Å². The Morgan fingerprint density at radius 2 is 0.711 bits per heavy atom. The summed E-state index contributed by atoms with van der Waals surface area (Å²) in [5, 5.41) is 2.62. The second-order valence-electron chi connectivity index (χ2n) is 13.5. The second kappa shape index (κ2) is 9.32. The Morgan fingerprint density at radius 1 is 0.400 bits per heavy atom. The van der Waals surface area contributed by atoms with Crippen molar-refractivity contribution in [1.29, 1.82) is 0 Å². The number of hydrogen-bond donors (Lipinski definition) is 0. The van der Waals surface area contributed by atoms with E-state index >= 15 is 0 Å². The molecule has 218 valence electrons. The molecule has 45 heavy (non-hydrogen) atoms. The van der Waals surface area contributed by atoms with Crippen LogP contribution in [0.2, 0.25) is 0 Å². The lowest BCUT2D eigenvalue weighted by Gasteiger charge is -2.42. The van der Waals surface area contributed by atoms with E-state index in [1.54, 1.807) is 0 Å². The predicted octanol–water partition coefficient (Wildman–Crippen LogP) is 12.3. The fraction of sp³-hybridized carbons (Fsp3) is 0.143. The van der Waals surface area contributed by atoms with Gasteiger partial charge in [0.1, 0.15) is 0 Å². The summed E-state index contributed by atoms with van der Waals surface area (Å²) in [5.74, 6) is 0. The van der Waals surface area contributed by atoms with E-state index in [9.17, 15) is 0 Å². The molecule has 0 spiro atoms. The monoisotopic (exact) mass is 598 g/mol. The van der Waals surface area contributed by atoms with Gasteiger partial charge in [-0.15, -0.1) is 11.3 Å². The standard InChI is InChI=1S/C42H34N2S/c1-41(2)31-13-5-9-17-35(31)43(36-18-10-6-14-32(36)41)27-21-23-29-30-24-22-28(26-40(30)45-39(29)25-27)44-37-19-11-7-15-33(37)42(3,4)34-16-8-12-20-38(34)44/h5-26H,1-4H3. The zero-order valence-corrected chi connectivity index (χ0v) is 26.8. The third kappa shape index (κ3) is 3.68. The Bertz CT molecular complexity index is 2050. The molecule has 2 nitrogen and oxygen atoms in total. The summed E-state index contributed by atoms with van der Waals surface area (Å²) < 4.78 is 2.61. The molecule has 0 saturated carbocycles. The molecule has 0 atom stereocenters. The summed E-state index contributed by atoms with van der Waals surface area (Å²) in [6.07, 6.45) is 0. The Balaban J connectivity index is 1.20. The SMILES string of the molecule is CC1(C)c2ccccc2N(c2ccc3c(c2)sc2cc(N4c5ccccc5C(C)(C)c5ccccc54)ccc23)c2ccccc21. The molecule has 0 amide bonds. The van der Waals surface area contributed by atoms with Gasteiger partial charge >= 0.3 is 0 Å². The number of thiophene rings is 1. The van der Waals surface area contributed by atoms with E-state index in [-0.39, 0.29) is 10.8 Å². The van der Waals surface area contributed by atoms with Crippen molar-refractivity contribution < 1.29 is 0 Å². The molecule has 2 aliphatic rings. The van der Waals surface area contributed by atoms with Crippen LogP contribution in [0.4, 0.5) is 34.1 Å². The third-order valence-corrected chi connectivity index (χ3v) is 11.3. The maximum atomic E-state index is 2.45. The highest BCUT2D eigenvalue weighted by molar-refractivity contribution is 7.25. The molecule has 3 heterocycles. The van der Waals surface area contributed by atoms with Crippen LogP contribution in [0, 0.1) is 0 Å². The van der Waals surface area contributed by atoms with Crippen molar-refractivity contribution in [3.63, 3.8) is 0 Å². The van der Waals surface area contributed by atoms with Crippen LogP contribution in [-0.4, -0.2) is 0 Å². The van der Waals surface area contributed by atoms with Crippen LogP contribution in [0.15, 0.2) is 133 Å². The first kappa shape index (κ1) is 26.5. The van der Waals surface area contributed by atoms with Crippen LogP contribution in [0.3, 0.4) is 0 Å². The van der Waals surface area contributed by atoms with Gasteiger partial charge in [-0.3, -0.25) is 0 Å².